The van der Waals surface area contributed by atoms with Gasteiger partial charge in [0.05, 0.1) is 3.79 Å². The van der Waals surface area contributed by atoms with Gasteiger partial charge in [0.15, 0.2) is 0 Å². The highest BCUT2D eigenvalue weighted by Crippen LogP contribution is 2.22. The van der Waals surface area contributed by atoms with Crippen molar-refractivity contribution >= 4 is 33.0 Å². The van der Waals surface area contributed by atoms with Gasteiger partial charge in [-0.3, -0.25) is 0 Å². The van der Waals surface area contributed by atoms with Gasteiger partial charge in [0.2, 0.25) is 0 Å². The number of thiophene rings is 1. The zero-order valence-electron chi connectivity index (χ0n) is 8.76. The lowest BCUT2D eigenvalue weighted by molar-refractivity contribution is 0.628. The summed E-state index contributed by atoms with van der Waals surface area (Å²) in [5.41, 5.74) is 3.10. The van der Waals surface area contributed by atoms with Crippen LogP contribution in [0.15, 0.2) is 33.4 Å². The topological polar surface area (TPSA) is 12.0 Å². The van der Waals surface area contributed by atoms with E-state index in [0.29, 0.717) is 6.54 Å². The van der Waals surface area contributed by atoms with Gasteiger partial charge in [0.1, 0.15) is 5.82 Å². The van der Waals surface area contributed by atoms with E-state index in [1.807, 2.05) is 6.92 Å². The number of benzene rings is 1. The van der Waals surface area contributed by atoms with E-state index in [1.54, 1.807) is 17.4 Å². The molecule has 16 heavy (non-hydrogen) atoms. The van der Waals surface area contributed by atoms with Crippen molar-refractivity contribution in [3.63, 3.8) is 0 Å². The van der Waals surface area contributed by atoms with Crippen LogP contribution in [0.5, 0.6) is 0 Å². The minimum atomic E-state index is -0.209. The second kappa shape index (κ2) is 4.97. The van der Waals surface area contributed by atoms with Gasteiger partial charge < -0.3 is 5.32 Å². The van der Waals surface area contributed by atoms with E-state index in [4.69, 9.17) is 0 Å². The molecule has 4 heteroatoms. The maximum absolute atomic E-state index is 13.0. The third kappa shape index (κ3) is 2.83. The molecule has 0 spiro atoms. The van der Waals surface area contributed by atoms with Gasteiger partial charge in [-0.2, -0.15) is 0 Å². The fourth-order valence-electron chi connectivity index (χ4n) is 1.42. The van der Waals surface area contributed by atoms with E-state index < -0.39 is 0 Å². The lowest BCUT2D eigenvalue weighted by atomic mass is 10.2. The van der Waals surface area contributed by atoms with Crippen LogP contribution in [0.1, 0.15) is 11.1 Å². The summed E-state index contributed by atoms with van der Waals surface area (Å²) in [4.78, 5) is 0. The highest BCUT2D eigenvalue weighted by Gasteiger charge is 2.01. The van der Waals surface area contributed by atoms with E-state index in [0.717, 1.165) is 15.0 Å². The predicted octanol–water partition coefficient (Wildman–Crippen LogP) is 4.57. The van der Waals surface area contributed by atoms with Crippen LogP contribution < -0.4 is 5.32 Å². The molecule has 0 fully saturated rings. The number of hydrogen-bond acceptors (Lipinski definition) is 2. The average Bonchev–Trinajstić information content (AvgIpc) is 2.66. The monoisotopic (exact) mass is 299 g/mol. The molecule has 0 aliphatic carbocycles. The fraction of sp³-hybridized carbons (Fsp3) is 0.167. The van der Waals surface area contributed by atoms with Crippen molar-refractivity contribution in [2.45, 2.75) is 13.5 Å². The van der Waals surface area contributed by atoms with Crippen LogP contribution in [0, 0.1) is 12.7 Å². The molecule has 0 atom stereocenters. The van der Waals surface area contributed by atoms with E-state index in [9.17, 15) is 4.39 Å². The van der Waals surface area contributed by atoms with Crippen molar-refractivity contribution < 1.29 is 4.39 Å². The summed E-state index contributed by atoms with van der Waals surface area (Å²) in [5.74, 6) is -0.209. The molecule has 1 nitrogen and oxygen atoms in total. The summed E-state index contributed by atoms with van der Waals surface area (Å²) in [6.07, 6.45) is 0. The number of aryl methyl sites for hydroxylation is 1. The molecule has 0 aliphatic rings. The molecule has 2 rings (SSSR count). The molecule has 0 aliphatic heterocycles. The van der Waals surface area contributed by atoms with Gasteiger partial charge in [-0.15, -0.1) is 11.3 Å². The van der Waals surface area contributed by atoms with Crippen molar-refractivity contribution in [1.82, 2.24) is 0 Å². The third-order valence-corrected chi connectivity index (χ3v) is 3.86. The molecule has 0 saturated carbocycles. The average molecular weight is 300 g/mol. The van der Waals surface area contributed by atoms with Crippen molar-refractivity contribution in [1.29, 1.82) is 0 Å². The first-order chi connectivity index (χ1) is 7.65. The van der Waals surface area contributed by atoms with Gasteiger partial charge in [0.25, 0.3) is 0 Å². The molecule has 1 N–H and O–H groups in total. The van der Waals surface area contributed by atoms with Crippen LogP contribution in [0.3, 0.4) is 0 Å². The van der Waals surface area contributed by atoms with Crippen LogP contribution in [-0.2, 0) is 6.54 Å². The number of rotatable bonds is 3. The summed E-state index contributed by atoms with van der Waals surface area (Å²) in [5, 5.41) is 5.30. The summed E-state index contributed by atoms with van der Waals surface area (Å²) >= 11 is 5.06. The van der Waals surface area contributed by atoms with Gasteiger partial charge in [-0.05, 0) is 57.6 Å². The largest absolute Gasteiger partial charge is 0.381 e. The Morgan fingerprint density at radius 1 is 1.38 bits per heavy atom. The quantitative estimate of drug-likeness (QED) is 0.875. The standard InChI is InChI=1S/C12H11BrFNS/c1-8-2-3-10(14)5-11(8)15-6-9-4-12(13)16-7-9/h2-5,7,15H,6H2,1H3. The van der Waals surface area contributed by atoms with Crippen LogP contribution in [0.2, 0.25) is 0 Å². The predicted molar refractivity (Wildman–Crippen MR) is 70.5 cm³/mol. The summed E-state index contributed by atoms with van der Waals surface area (Å²) in [6, 6.07) is 6.84. The molecule has 2 aromatic rings. The Balaban J connectivity index is 2.07. The first-order valence-corrected chi connectivity index (χ1v) is 6.55. The Labute approximate surface area is 106 Å². The minimum absolute atomic E-state index is 0.209. The van der Waals surface area contributed by atoms with Crippen molar-refractivity contribution in [2.75, 3.05) is 5.32 Å². The number of halogens is 2. The van der Waals surface area contributed by atoms with Crippen LogP contribution in [-0.4, -0.2) is 0 Å². The Hall–Kier alpha value is -0.870. The molecule has 1 aromatic heterocycles. The smallest absolute Gasteiger partial charge is 0.125 e. The van der Waals surface area contributed by atoms with Gasteiger partial charge in [-0.1, -0.05) is 6.07 Å². The lowest BCUT2D eigenvalue weighted by Crippen LogP contribution is -2.00. The number of nitrogens with one attached hydrogen (secondary N) is 1. The van der Waals surface area contributed by atoms with Gasteiger partial charge in [-0.25, -0.2) is 4.39 Å². The van der Waals surface area contributed by atoms with Gasteiger partial charge >= 0.3 is 0 Å². The third-order valence-electron chi connectivity index (χ3n) is 2.30. The second-order valence-electron chi connectivity index (χ2n) is 3.57. The minimum Gasteiger partial charge on any atom is -0.381 e. The lowest BCUT2D eigenvalue weighted by Gasteiger charge is -2.08. The van der Waals surface area contributed by atoms with E-state index in [-0.39, 0.29) is 5.82 Å². The summed E-state index contributed by atoms with van der Waals surface area (Å²) < 4.78 is 14.1. The molecular weight excluding hydrogens is 289 g/mol. The maximum Gasteiger partial charge on any atom is 0.125 e. The molecule has 0 bridgehead atoms. The molecule has 0 radical (unpaired) electrons. The Morgan fingerprint density at radius 3 is 2.88 bits per heavy atom. The Morgan fingerprint density at radius 2 is 2.19 bits per heavy atom. The molecule has 1 heterocycles. The highest BCUT2D eigenvalue weighted by atomic mass is 79.9. The second-order valence-corrected chi connectivity index (χ2v) is 5.86. The molecule has 0 unspecified atom stereocenters. The molecule has 0 saturated heterocycles. The maximum atomic E-state index is 13.0. The molecule has 1 aromatic carbocycles. The first-order valence-electron chi connectivity index (χ1n) is 4.88. The Kier molecular flexibility index (Phi) is 3.61. The first kappa shape index (κ1) is 11.6. The molecule has 84 valence electrons. The van der Waals surface area contributed by atoms with Crippen LogP contribution in [0.4, 0.5) is 10.1 Å². The molecular formula is C12H11BrFNS. The zero-order valence-corrected chi connectivity index (χ0v) is 11.2. The van der Waals surface area contributed by atoms with Crippen molar-refractivity contribution in [3.05, 3.63) is 50.4 Å². The summed E-state index contributed by atoms with van der Waals surface area (Å²) in [6.45, 7) is 2.68. The number of anilines is 1. The SMILES string of the molecule is Cc1ccc(F)cc1NCc1csc(Br)c1. The van der Waals surface area contributed by atoms with E-state index >= 15 is 0 Å². The zero-order chi connectivity index (χ0) is 11.5. The number of hydrogen-bond donors (Lipinski definition) is 1. The van der Waals surface area contributed by atoms with Crippen LogP contribution in [0.25, 0.3) is 0 Å². The van der Waals surface area contributed by atoms with Crippen molar-refractivity contribution in [3.8, 4) is 0 Å². The molecule has 0 amide bonds. The summed E-state index contributed by atoms with van der Waals surface area (Å²) in [7, 11) is 0. The Bertz CT molecular complexity index is 496. The normalized spacial score (nSPS) is 10.4. The van der Waals surface area contributed by atoms with E-state index in [1.165, 1.54) is 17.7 Å². The van der Waals surface area contributed by atoms with E-state index in [2.05, 4.69) is 32.7 Å². The van der Waals surface area contributed by atoms with Gasteiger partial charge in [0, 0.05) is 12.2 Å². The van der Waals surface area contributed by atoms with Crippen molar-refractivity contribution in [2.24, 2.45) is 0 Å². The highest BCUT2D eigenvalue weighted by molar-refractivity contribution is 9.11. The van der Waals surface area contributed by atoms with Crippen LogP contribution >= 0.6 is 27.3 Å². The fourth-order valence-corrected chi connectivity index (χ4v) is 2.63.